The Bertz CT molecular complexity index is 436. The Morgan fingerprint density at radius 3 is 2.48 bits per heavy atom. The summed E-state index contributed by atoms with van der Waals surface area (Å²) in [7, 11) is 0. The zero-order valence-corrected chi connectivity index (χ0v) is 13.2. The molecule has 2 rings (SSSR count). The lowest BCUT2D eigenvalue weighted by Gasteiger charge is -2.40. The number of hydrogen-bond donors (Lipinski definition) is 1. The van der Waals surface area contributed by atoms with Crippen LogP contribution >= 0.6 is 0 Å². The molecule has 116 valence electrons. The number of esters is 1. The average molecular weight is 289 g/mol. The first-order valence-corrected chi connectivity index (χ1v) is 8.14. The van der Waals surface area contributed by atoms with Crippen LogP contribution < -0.4 is 5.32 Å². The normalized spacial score (nSPS) is 25.5. The minimum atomic E-state index is -0.0726. The molecule has 3 nitrogen and oxygen atoms in total. The maximum Gasteiger partial charge on any atom is 0.307 e. The second kappa shape index (κ2) is 7.60. The van der Waals surface area contributed by atoms with Gasteiger partial charge in [0.15, 0.2) is 0 Å². The molecule has 0 radical (unpaired) electrons. The molecule has 0 atom stereocenters. The van der Waals surface area contributed by atoms with Gasteiger partial charge in [0.1, 0.15) is 0 Å². The number of benzene rings is 1. The van der Waals surface area contributed by atoms with Gasteiger partial charge in [-0.2, -0.15) is 0 Å². The molecule has 0 bridgehead atoms. The molecular formula is C18H27NO2. The zero-order valence-electron chi connectivity index (χ0n) is 13.2. The van der Waals surface area contributed by atoms with Gasteiger partial charge in [-0.3, -0.25) is 4.79 Å². The van der Waals surface area contributed by atoms with Crippen LogP contribution in [-0.4, -0.2) is 24.7 Å². The van der Waals surface area contributed by atoms with Gasteiger partial charge in [-0.05, 0) is 50.6 Å². The van der Waals surface area contributed by atoms with Gasteiger partial charge in [-0.1, -0.05) is 37.3 Å². The Morgan fingerprint density at radius 1 is 1.24 bits per heavy atom. The van der Waals surface area contributed by atoms with E-state index in [-0.39, 0.29) is 11.5 Å². The van der Waals surface area contributed by atoms with E-state index in [4.69, 9.17) is 4.74 Å². The van der Waals surface area contributed by atoms with Crippen LogP contribution in [0.5, 0.6) is 0 Å². The first-order chi connectivity index (χ1) is 10.2. The van der Waals surface area contributed by atoms with Crippen LogP contribution in [0.25, 0.3) is 0 Å². The third-order valence-corrected chi connectivity index (χ3v) is 4.55. The van der Waals surface area contributed by atoms with Gasteiger partial charge in [-0.25, -0.2) is 0 Å². The number of carbonyl (C=O) groups excluding carboxylic acids is 1. The highest BCUT2D eigenvalue weighted by Crippen LogP contribution is 2.39. The van der Waals surface area contributed by atoms with Crippen LogP contribution in [-0.2, 0) is 9.53 Å². The van der Waals surface area contributed by atoms with Gasteiger partial charge in [0.05, 0.1) is 13.0 Å². The Morgan fingerprint density at radius 2 is 1.90 bits per heavy atom. The SMILES string of the molecule is CCNC1(CC(=O)OCC)CCC(c2ccccc2)CC1. The third kappa shape index (κ3) is 4.31. The topological polar surface area (TPSA) is 38.3 Å². The molecule has 1 aromatic rings. The summed E-state index contributed by atoms with van der Waals surface area (Å²) in [6.45, 7) is 5.34. The van der Waals surface area contributed by atoms with Crippen molar-refractivity contribution in [1.82, 2.24) is 5.32 Å². The third-order valence-electron chi connectivity index (χ3n) is 4.55. The first-order valence-electron chi connectivity index (χ1n) is 8.14. The average Bonchev–Trinajstić information content (AvgIpc) is 2.49. The van der Waals surface area contributed by atoms with Gasteiger partial charge >= 0.3 is 5.97 Å². The monoisotopic (exact) mass is 289 g/mol. The Labute approximate surface area is 128 Å². The molecule has 1 saturated carbocycles. The summed E-state index contributed by atoms with van der Waals surface area (Å²) in [4.78, 5) is 11.9. The van der Waals surface area contributed by atoms with Gasteiger partial charge in [0.2, 0.25) is 0 Å². The molecule has 1 aliphatic rings. The Kier molecular flexibility index (Phi) is 5.80. The lowest BCUT2D eigenvalue weighted by Crippen LogP contribution is -2.49. The molecule has 1 fully saturated rings. The van der Waals surface area contributed by atoms with Crippen LogP contribution in [0.2, 0.25) is 0 Å². The number of hydrogen-bond acceptors (Lipinski definition) is 3. The predicted octanol–water partition coefficient (Wildman–Crippen LogP) is 3.65. The van der Waals surface area contributed by atoms with Gasteiger partial charge in [0, 0.05) is 5.54 Å². The molecule has 21 heavy (non-hydrogen) atoms. The standard InChI is InChI=1S/C18H27NO2/c1-3-19-18(14-17(20)21-4-2)12-10-16(11-13-18)15-8-6-5-7-9-15/h5-9,16,19H,3-4,10-14H2,1-2H3. The van der Waals surface area contributed by atoms with Crippen LogP contribution in [0, 0.1) is 0 Å². The van der Waals surface area contributed by atoms with E-state index >= 15 is 0 Å². The predicted molar refractivity (Wildman–Crippen MR) is 85.3 cm³/mol. The second-order valence-electron chi connectivity index (χ2n) is 5.98. The van der Waals surface area contributed by atoms with Crippen molar-refractivity contribution in [3.8, 4) is 0 Å². The summed E-state index contributed by atoms with van der Waals surface area (Å²) in [5.41, 5.74) is 1.37. The fourth-order valence-electron chi connectivity index (χ4n) is 3.51. The molecule has 1 aliphatic carbocycles. The number of carbonyl (C=O) groups is 1. The summed E-state index contributed by atoms with van der Waals surface area (Å²) in [5.74, 6) is 0.553. The minimum Gasteiger partial charge on any atom is -0.466 e. The van der Waals surface area contributed by atoms with Crippen LogP contribution in [0.4, 0.5) is 0 Å². The highest BCUT2D eigenvalue weighted by Gasteiger charge is 2.37. The molecular weight excluding hydrogens is 262 g/mol. The van der Waals surface area contributed by atoms with Crippen LogP contribution in [0.3, 0.4) is 0 Å². The minimum absolute atomic E-state index is 0.0632. The fourth-order valence-corrected chi connectivity index (χ4v) is 3.51. The van der Waals surface area contributed by atoms with Crippen LogP contribution in [0.1, 0.15) is 57.4 Å². The summed E-state index contributed by atoms with van der Waals surface area (Å²) < 4.78 is 5.15. The lowest BCUT2D eigenvalue weighted by atomic mass is 9.72. The van der Waals surface area contributed by atoms with Gasteiger partial charge in [-0.15, -0.1) is 0 Å². The van der Waals surface area contributed by atoms with E-state index in [1.807, 2.05) is 6.92 Å². The van der Waals surface area contributed by atoms with E-state index in [1.54, 1.807) is 0 Å². The molecule has 0 unspecified atom stereocenters. The maximum absolute atomic E-state index is 11.9. The van der Waals surface area contributed by atoms with E-state index < -0.39 is 0 Å². The van der Waals surface area contributed by atoms with Gasteiger partial charge < -0.3 is 10.1 Å². The van der Waals surface area contributed by atoms with Crippen molar-refractivity contribution >= 4 is 5.97 Å². The van der Waals surface area contributed by atoms with Crippen molar-refractivity contribution in [2.45, 2.75) is 57.4 Å². The van der Waals surface area contributed by atoms with Crippen molar-refractivity contribution in [3.63, 3.8) is 0 Å². The summed E-state index contributed by atoms with van der Waals surface area (Å²) in [5, 5.41) is 3.56. The summed E-state index contributed by atoms with van der Waals surface area (Å²) in [6, 6.07) is 10.7. The van der Waals surface area contributed by atoms with E-state index in [2.05, 4.69) is 42.6 Å². The van der Waals surface area contributed by atoms with Crippen molar-refractivity contribution in [2.24, 2.45) is 0 Å². The molecule has 0 saturated heterocycles. The van der Waals surface area contributed by atoms with Crippen molar-refractivity contribution in [3.05, 3.63) is 35.9 Å². The molecule has 1 aromatic carbocycles. The Hall–Kier alpha value is -1.35. The number of nitrogens with one attached hydrogen (secondary N) is 1. The molecule has 0 aliphatic heterocycles. The molecule has 1 N–H and O–H groups in total. The largest absolute Gasteiger partial charge is 0.466 e. The van der Waals surface area contributed by atoms with E-state index in [0.29, 0.717) is 18.9 Å². The summed E-state index contributed by atoms with van der Waals surface area (Å²) >= 11 is 0. The highest BCUT2D eigenvalue weighted by molar-refractivity contribution is 5.71. The van der Waals surface area contributed by atoms with Crippen LogP contribution in [0.15, 0.2) is 30.3 Å². The quantitative estimate of drug-likeness (QED) is 0.812. The molecule has 0 heterocycles. The fraction of sp³-hybridized carbons (Fsp3) is 0.611. The van der Waals surface area contributed by atoms with Gasteiger partial charge in [0.25, 0.3) is 0 Å². The first kappa shape index (κ1) is 16.0. The van der Waals surface area contributed by atoms with E-state index in [0.717, 1.165) is 32.2 Å². The summed E-state index contributed by atoms with van der Waals surface area (Å²) in [6.07, 6.45) is 4.85. The number of rotatable bonds is 6. The molecule has 0 spiro atoms. The maximum atomic E-state index is 11.9. The molecule has 0 aromatic heterocycles. The molecule has 3 heteroatoms. The lowest BCUT2D eigenvalue weighted by molar-refractivity contribution is -0.145. The van der Waals surface area contributed by atoms with Crippen molar-refractivity contribution in [1.29, 1.82) is 0 Å². The number of ether oxygens (including phenoxy) is 1. The van der Waals surface area contributed by atoms with E-state index in [9.17, 15) is 4.79 Å². The smallest absolute Gasteiger partial charge is 0.307 e. The van der Waals surface area contributed by atoms with Crippen molar-refractivity contribution < 1.29 is 9.53 Å². The second-order valence-corrected chi connectivity index (χ2v) is 5.98. The van der Waals surface area contributed by atoms with Crippen molar-refractivity contribution in [2.75, 3.05) is 13.2 Å². The highest BCUT2D eigenvalue weighted by atomic mass is 16.5. The Balaban J connectivity index is 1.98. The zero-order chi connectivity index (χ0) is 15.1. The molecule has 0 amide bonds. The van der Waals surface area contributed by atoms with E-state index in [1.165, 1.54) is 5.56 Å².